The number of hydrogen-bond acceptors (Lipinski definition) is 4. The lowest BCUT2D eigenvalue weighted by atomic mass is 10.0. The van der Waals surface area contributed by atoms with Crippen molar-refractivity contribution < 1.29 is 26.7 Å². The van der Waals surface area contributed by atoms with Crippen LogP contribution in [0, 0.1) is 11.6 Å². The van der Waals surface area contributed by atoms with E-state index in [1.54, 1.807) is 18.2 Å². The van der Waals surface area contributed by atoms with Crippen LogP contribution in [0.25, 0.3) is 0 Å². The van der Waals surface area contributed by atoms with Gasteiger partial charge in [0.1, 0.15) is 16.5 Å². The quantitative estimate of drug-likeness (QED) is 0.836. The van der Waals surface area contributed by atoms with Crippen LogP contribution in [-0.4, -0.2) is 26.1 Å². The molecule has 4 rings (SSSR count). The normalized spacial score (nSPS) is 20.2. The predicted octanol–water partition coefficient (Wildman–Crippen LogP) is 3.22. The third-order valence-electron chi connectivity index (χ3n) is 4.47. The maximum atomic E-state index is 14.0. The molecule has 0 radical (unpaired) electrons. The molecule has 2 aliphatic rings. The lowest BCUT2D eigenvalue weighted by molar-refractivity contribution is 0.174. The van der Waals surface area contributed by atoms with Crippen LogP contribution in [0.2, 0.25) is 0 Å². The van der Waals surface area contributed by atoms with Gasteiger partial charge >= 0.3 is 0 Å². The summed E-state index contributed by atoms with van der Waals surface area (Å²) in [7, 11) is -4.08. The van der Waals surface area contributed by atoms with E-state index >= 15 is 0 Å². The highest BCUT2D eigenvalue weighted by Crippen LogP contribution is 2.41. The minimum atomic E-state index is -4.08. The first kappa shape index (κ1) is 16.3. The van der Waals surface area contributed by atoms with Crippen molar-refractivity contribution in [2.45, 2.75) is 23.8 Å². The number of halogens is 2. The molecule has 0 N–H and O–H groups in total. The van der Waals surface area contributed by atoms with Gasteiger partial charge in [-0.15, -0.1) is 0 Å². The van der Waals surface area contributed by atoms with Crippen molar-refractivity contribution in [1.82, 2.24) is 4.31 Å². The molecule has 0 bridgehead atoms. The molecule has 1 unspecified atom stereocenters. The van der Waals surface area contributed by atoms with Crippen molar-refractivity contribution in [2.75, 3.05) is 13.3 Å². The number of sulfonamides is 1. The standard InChI is InChI=1S/C17H15F2NO4S/c18-12-4-6-17(13(19)9-12)25(21,22)20-7-1-2-14(20)11-3-5-15-16(8-11)24-10-23-15/h3-6,8-9,14H,1-2,7,10H2. The number of rotatable bonds is 3. The lowest BCUT2D eigenvalue weighted by Gasteiger charge is -2.24. The molecule has 2 aromatic rings. The Morgan fingerprint density at radius 1 is 1.04 bits per heavy atom. The molecular weight excluding hydrogens is 352 g/mol. The monoisotopic (exact) mass is 367 g/mol. The molecule has 5 nitrogen and oxygen atoms in total. The van der Waals surface area contributed by atoms with Gasteiger partial charge < -0.3 is 9.47 Å². The second-order valence-corrected chi connectivity index (χ2v) is 7.82. The summed E-state index contributed by atoms with van der Waals surface area (Å²) in [5.41, 5.74) is 0.757. The van der Waals surface area contributed by atoms with E-state index in [2.05, 4.69) is 0 Å². The average molecular weight is 367 g/mol. The molecular formula is C17H15F2NO4S. The van der Waals surface area contributed by atoms with Crippen molar-refractivity contribution in [2.24, 2.45) is 0 Å². The Morgan fingerprint density at radius 2 is 1.84 bits per heavy atom. The summed E-state index contributed by atoms with van der Waals surface area (Å²) in [5, 5.41) is 0. The van der Waals surface area contributed by atoms with Crippen LogP contribution < -0.4 is 9.47 Å². The maximum absolute atomic E-state index is 14.0. The highest BCUT2D eigenvalue weighted by Gasteiger charge is 2.38. The average Bonchev–Trinajstić information content (AvgIpc) is 3.23. The number of ether oxygens (including phenoxy) is 2. The van der Waals surface area contributed by atoms with E-state index in [0.717, 1.165) is 17.7 Å². The fourth-order valence-electron chi connectivity index (χ4n) is 3.29. The number of fused-ring (bicyclic) bond motifs is 1. The molecule has 0 saturated carbocycles. The number of hydrogen-bond donors (Lipinski definition) is 0. The molecule has 1 fully saturated rings. The largest absolute Gasteiger partial charge is 0.454 e. The Kier molecular flexibility index (Phi) is 3.88. The Balaban J connectivity index is 1.71. The first-order chi connectivity index (χ1) is 12.0. The van der Waals surface area contributed by atoms with Crippen molar-refractivity contribution in [1.29, 1.82) is 0 Å². The topological polar surface area (TPSA) is 55.8 Å². The molecule has 8 heteroatoms. The molecule has 2 aliphatic heterocycles. The Morgan fingerprint density at radius 3 is 2.64 bits per heavy atom. The summed E-state index contributed by atoms with van der Waals surface area (Å²) in [6.45, 7) is 0.407. The predicted molar refractivity (Wildman–Crippen MR) is 84.8 cm³/mol. The van der Waals surface area contributed by atoms with Crippen LogP contribution in [0.5, 0.6) is 11.5 Å². The summed E-state index contributed by atoms with van der Waals surface area (Å²) in [5.74, 6) is -0.725. The summed E-state index contributed by atoms with van der Waals surface area (Å²) in [6, 6.07) is 7.34. The maximum Gasteiger partial charge on any atom is 0.246 e. The third-order valence-corrected chi connectivity index (χ3v) is 6.41. The molecule has 0 aromatic heterocycles. The van der Waals surface area contributed by atoms with Gasteiger partial charge in [0, 0.05) is 12.6 Å². The van der Waals surface area contributed by atoms with Gasteiger partial charge in [0.15, 0.2) is 11.5 Å². The van der Waals surface area contributed by atoms with E-state index in [1.807, 2.05) is 0 Å². The first-order valence-electron chi connectivity index (χ1n) is 7.83. The number of nitrogens with zero attached hydrogens (tertiary/aromatic N) is 1. The molecule has 132 valence electrons. The summed E-state index contributed by atoms with van der Waals surface area (Å²) < 4.78 is 64.8. The molecule has 0 amide bonds. The SMILES string of the molecule is O=S(=O)(c1ccc(F)cc1F)N1CCCC1c1ccc2c(c1)OCO2. The van der Waals surface area contributed by atoms with E-state index in [-0.39, 0.29) is 13.3 Å². The van der Waals surface area contributed by atoms with E-state index in [0.29, 0.717) is 30.4 Å². The van der Waals surface area contributed by atoms with Crippen LogP contribution in [-0.2, 0) is 10.0 Å². The van der Waals surface area contributed by atoms with Crippen LogP contribution in [0.3, 0.4) is 0 Å². The summed E-state index contributed by atoms with van der Waals surface area (Å²) in [4.78, 5) is -0.512. The molecule has 2 aromatic carbocycles. The second kappa shape index (κ2) is 5.96. The van der Waals surface area contributed by atoms with Gasteiger partial charge in [-0.25, -0.2) is 17.2 Å². The minimum Gasteiger partial charge on any atom is -0.454 e. The van der Waals surface area contributed by atoms with Crippen LogP contribution in [0.4, 0.5) is 8.78 Å². The Hall–Kier alpha value is -2.19. The van der Waals surface area contributed by atoms with Gasteiger partial charge in [-0.1, -0.05) is 6.07 Å². The van der Waals surface area contributed by atoms with Crippen molar-refractivity contribution in [3.05, 3.63) is 53.6 Å². The Bertz CT molecular complexity index is 932. The molecule has 1 saturated heterocycles. The van der Waals surface area contributed by atoms with E-state index in [1.165, 1.54) is 4.31 Å². The molecule has 0 spiro atoms. The van der Waals surface area contributed by atoms with Gasteiger partial charge in [0.05, 0.1) is 6.04 Å². The fraction of sp³-hybridized carbons (Fsp3) is 0.294. The van der Waals surface area contributed by atoms with Crippen molar-refractivity contribution in [3.63, 3.8) is 0 Å². The van der Waals surface area contributed by atoms with Crippen LogP contribution >= 0.6 is 0 Å². The van der Waals surface area contributed by atoms with Gasteiger partial charge in [-0.05, 0) is 42.7 Å². The van der Waals surface area contributed by atoms with Crippen LogP contribution in [0.1, 0.15) is 24.4 Å². The minimum absolute atomic E-state index is 0.131. The van der Waals surface area contributed by atoms with Gasteiger partial charge in [-0.2, -0.15) is 4.31 Å². The van der Waals surface area contributed by atoms with E-state index in [4.69, 9.17) is 9.47 Å². The zero-order valence-corrected chi connectivity index (χ0v) is 13.9. The van der Waals surface area contributed by atoms with Crippen molar-refractivity contribution in [3.8, 4) is 11.5 Å². The Labute approximate surface area is 143 Å². The zero-order chi connectivity index (χ0) is 17.6. The first-order valence-corrected chi connectivity index (χ1v) is 9.27. The highest BCUT2D eigenvalue weighted by molar-refractivity contribution is 7.89. The van der Waals surface area contributed by atoms with E-state index in [9.17, 15) is 17.2 Å². The molecule has 1 atom stereocenters. The molecule has 2 heterocycles. The van der Waals surface area contributed by atoms with Gasteiger partial charge in [0.25, 0.3) is 0 Å². The smallest absolute Gasteiger partial charge is 0.246 e. The fourth-order valence-corrected chi connectivity index (χ4v) is 5.02. The van der Waals surface area contributed by atoms with Gasteiger partial charge in [0.2, 0.25) is 16.8 Å². The lowest BCUT2D eigenvalue weighted by Crippen LogP contribution is -2.31. The number of benzene rings is 2. The molecule has 25 heavy (non-hydrogen) atoms. The van der Waals surface area contributed by atoms with E-state index < -0.39 is 32.6 Å². The zero-order valence-electron chi connectivity index (χ0n) is 13.1. The highest BCUT2D eigenvalue weighted by atomic mass is 32.2. The summed E-state index contributed by atoms with van der Waals surface area (Å²) >= 11 is 0. The summed E-state index contributed by atoms with van der Waals surface area (Å²) in [6.07, 6.45) is 1.27. The second-order valence-electron chi connectivity index (χ2n) is 5.96. The van der Waals surface area contributed by atoms with Crippen molar-refractivity contribution >= 4 is 10.0 Å². The van der Waals surface area contributed by atoms with Gasteiger partial charge in [-0.3, -0.25) is 0 Å². The van der Waals surface area contributed by atoms with Crippen LogP contribution in [0.15, 0.2) is 41.3 Å². The molecule has 0 aliphatic carbocycles. The third kappa shape index (κ3) is 2.75.